The van der Waals surface area contributed by atoms with Gasteiger partial charge in [-0.05, 0) is 50.1 Å². The number of nitrogens with one attached hydrogen (secondary N) is 1. The minimum atomic E-state index is -0.584. The molecule has 0 radical (unpaired) electrons. The minimum absolute atomic E-state index is 0.0235. The molecule has 8 nitrogen and oxygen atoms in total. The van der Waals surface area contributed by atoms with E-state index in [9.17, 15) is 23.6 Å². The lowest BCUT2D eigenvalue weighted by atomic mass is 10.0. The van der Waals surface area contributed by atoms with Gasteiger partial charge in [0.2, 0.25) is 0 Å². The normalized spacial score (nSPS) is 16.2. The Balaban J connectivity index is 1.48. The first kappa shape index (κ1) is 21.5. The van der Waals surface area contributed by atoms with Crippen LogP contribution in [0.1, 0.15) is 50.8 Å². The molecule has 0 atom stereocenters. The zero-order valence-electron chi connectivity index (χ0n) is 17.5. The van der Waals surface area contributed by atoms with Crippen LogP contribution >= 0.6 is 0 Å². The van der Waals surface area contributed by atoms with Crippen LogP contribution in [0.5, 0.6) is 0 Å². The Morgan fingerprint density at radius 1 is 1.06 bits per heavy atom. The van der Waals surface area contributed by atoms with Gasteiger partial charge in [-0.25, -0.2) is 9.18 Å². The van der Waals surface area contributed by atoms with Gasteiger partial charge in [-0.3, -0.25) is 19.3 Å². The van der Waals surface area contributed by atoms with Crippen molar-refractivity contribution in [3.63, 3.8) is 0 Å². The highest BCUT2D eigenvalue weighted by Gasteiger charge is 2.41. The number of piperidine rings is 1. The molecule has 0 aromatic heterocycles. The molecular formula is C23H22FN3O5. The Kier molecular flexibility index (Phi) is 5.89. The lowest BCUT2D eigenvalue weighted by Crippen LogP contribution is -2.48. The van der Waals surface area contributed by atoms with Gasteiger partial charge in [-0.2, -0.15) is 0 Å². The highest BCUT2D eigenvalue weighted by Crippen LogP contribution is 2.30. The van der Waals surface area contributed by atoms with Crippen LogP contribution < -0.4 is 5.32 Å². The number of para-hydroxylation sites is 1. The largest absolute Gasteiger partial charge is 0.450 e. The van der Waals surface area contributed by atoms with E-state index in [1.165, 1.54) is 41.3 Å². The number of imide groups is 1. The van der Waals surface area contributed by atoms with Crippen LogP contribution in [0.2, 0.25) is 0 Å². The smallest absolute Gasteiger partial charge is 0.409 e. The third-order valence-electron chi connectivity index (χ3n) is 5.66. The van der Waals surface area contributed by atoms with Crippen LogP contribution in [0.15, 0.2) is 42.5 Å². The van der Waals surface area contributed by atoms with E-state index in [1.54, 1.807) is 17.9 Å². The molecular weight excluding hydrogens is 417 g/mol. The van der Waals surface area contributed by atoms with Gasteiger partial charge in [0.05, 0.1) is 23.4 Å². The predicted octanol–water partition coefficient (Wildman–Crippen LogP) is 3.29. The maximum atomic E-state index is 13.8. The molecule has 9 heteroatoms. The van der Waals surface area contributed by atoms with Crippen molar-refractivity contribution in [2.75, 3.05) is 25.0 Å². The van der Waals surface area contributed by atoms with E-state index in [1.807, 2.05) is 0 Å². The predicted molar refractivity (Wildman–Crippen MR) is 113 cm³/mol. The SMILES string of the molecule is CCOC(=O)N1CCC(N2C(=O)c3ccc(C(=O)Nc4ccccc4F)cc3C2=O)CC1. The maximum Gasteiger partial charge on any atom is 0.409 e. The van der Waals surface area contributed by atoms with E-state index in [2.05, 4.69) is 5.32 Å². The van der Waals surface area contributed by atoms with Crippen LogP contribution in [0, 0.1) is 5.82 Å². The minimum Gasteiger partial charge on any atom is -0.450 e. The van der Waals surface area contributed by atoms with Crippen molar-refractivity contribution in [2.45, 2.75) is 25.8 Å². The van der Waals surface area contributed by atoms with E-state index in [4.69, 9.17) is 4.74 Å². The first-order chi connectivity index (χ1) is 15.4. The number of carbonyl (C=O) groups excluding carboxylic acids is 4. The lowest BCUT2D eigenvalue weighted by molar-refractivity contribution is 0.0485. The fraction of sp³-hybridized carbons (Fsp3) is 0.304. The molecule has 0 unspecified atom stereocenters. The first-order valence-corrected chi connectivity index (χ1v) is 10.4. The number of benzene rings is 2. The second kappa shape index (κ2) is 8.78. The van der Waals surface area contributed by atoms with Gasteiger partial charge in [0, 0.05) is 24.7 Å². The first-order valence-electron chi connectivity index (χ1n) is 10.4. The number of likely N-dealkylation sites (tertiary alicyclic amines) is 1. The maximum absolute atomic E-state index is 13.8. The van der Waals surface area contributed by atoms with Crippen molar-refractivity contribution in [3.8, 4) is 0 Å². The summed E-state index contributed by atoms with van der Waals surface area (Å²) in [5.41, 5.74) is 0.539. The Morgan fingerprint density at radius 3 is 2.44 bits per heavy atom. The molecule has 0 aliphatic carbocycles. The third kappa shape index (κ3) is 3.93. The van der Waals surface area contributed by atoms with E-state index in [0.717, 1.165) is 0 Å². The van der Waals surface area contributed by atoms with E-state index in [-0.39, 0.29) is 35.0 Å². The molecule has 2 aliphatic rings. The van der Waals surface area contributed by atoms with Gasteiger partial charge in [0.15, 0.2) is 0 Å². The van der Waals surface area contributed by atoms with Crippen molar-refractivity contribution in [3.05, 3.63) is 65.0 Å². The summed E-state index contributed by atoms with van der Waals surface area (Å²) >= 11 is 0. The molecule has 0 spiro atoms. The van der Waals surface area contributed by atoms with Gasteiger partial charge in [0.25, 0.3) is 17.7 Å². The molecule has 4 rings (SSSR count). The average Bonchev–Trinajstić information content (AvgIpc) is 3.05. The number of rotatable bonds is 4. The standard InChI is InChI=1S/C23H22FN3O5/c1-2-32-23(31)26-11-9-15(10-12-26)27-21(29)16-8-7-14(13-17(16)22(27)30)20(28)25-19-6-4-3-5-18(19)24/h3-8,13,15H,2,9-12H2,1H3,(H,25,28). The fourth-order valence-corrected chi connectivity index (χ4v) is 4.01. The highest BCUT2D eigenvalue weighted by molar-refractivity contribution is 6.22. The van der Waals surface area contributed by atoms with Crippen molar-refractivity contribution in [1.82, 2.24) is 9.80 Å². The zero-order chi connectivity index (χ0) is 22.8. The number of carbonyl (C=O) groups is 4. The van der Waals surface area contributed by atoms with Crippen LogP contribution in [0.4, 0.5) is 14.9 Å². The molecule has 2 heterocycles. The number of hydrogen-bond acceptors (Lipinski definition) is 5. The molecule has 2 aromatic rings. The summed E-state index contributed by atoms with van der Waals surface area (Å²) < 4.78 is 18.8. The van der Waals surface area contributed by atoms with Gasteiger partial charge in [0.1, 0.15) is 5.82 Å². The van der Waals surface area contributed by atoms with Gasteiger partial charge < -0.3 is 15.0 Å². The quantitative estimate of drug-likeness (QED) is 0.738. The van der Waals surface area contributed by atoms with Crippen molar-refractivity contribution < 1.29 is 28.3 Å². The Morgan fingerprint density at radius 2 is 1.75 bits per heavy atom. The van der Waals surface area contributed by atoms with E-state index >= 15 is 0 Å². The number of amides is 4. The highest BCUT2D eigenvalue weighted by atomic mass is 19.1. The summed E-state index contributed by atoms with van der Waals surface area (Å²) in [5.74, 6) is -2.05. The third-order valence-corrected chi connectivity index (χ3v) is 5.66. The molecule has 2 aromatic carbocycles. The molecule has 2 aliphatic heterocycles. The Labute approximate surface area is 183 Å². The molecule has 1 fully saturated rings. The molecule has 32 heavy (non-hydrogen) atoms. The Bertz CT molecular complexity index is 1090. The van der Waals surface area contributed by atoms with E-state index < -0.39 is 29.6 Å². The zero-order valence-corrected chi connectivity index (χ0v) is 17.5. The number of anilines is 1. The van der Waals surface area contributed by atoms with Crippen molar-refractivity contribution >= 4 is 29.5 Å². The average molecular weight is 439 g/mol. The van der Waals surface area contributed by atoms with Crippen molar-refractivity contribution in [2.24, 2.45) is 0 Å². The topological polar surface area (TPSA) is 96.0 Å². The molecule has 1 N–H and O–H groups in total. The fourth-order valence-electron chi connectivity index (χ4n) is 4.01. The monoisotopic (exact) mass is 439 g/mol. The summed E-state index contributed by atoms with van der Waals surface area (Å²) in [6.45, 7) is 2.78. The Hall–Kier alpha value is -3.75. The van der Waals surface area contributed by atoms with Gasteiger partial charge in [-0.1, -0.05) is 12.1 Å². The second-order valence-corrected chi connectivity index (χ2v) is 7.59. The van der Waals surface area contributed by atoms with Gasteiger partial charge >= 0.3 is 6.09 Å². The summed E-state index contributed by atoms with van der Waals surface area (Å²) in [7, 11) is 0. The molecule has 4 amide bonds. The number of ether oxygens (including phenoxy) is 1. The second-order valence-electron chi connectivity index (χ2n) is 7.59. The lowest BCUT2D eigenvalue weighted by Gasteiger charge is -2.35. The number of nitrogens with zero attached hydrogens (tertiary/aromatic N) is 2. The van der Waals surface area contributed by atoms with Gasteiger partial charge in [-0.15, -0.1) is 0 Å². The molecule has 166 valence electrons. The summed E-state index contributed by atoms with van der Waals surface area (Å²) in [6, 6.07) is 9.66. The summed E-state index contributed by atoms with van der Waals surface area (Å²) in [6.07, 6.45) is 0.495. The number of halogens is 1. The van der Waals surface area contributed by atoms with Crippen LogP contribution in [-0.2, 0) is 4.74 Å². The number of hydrogen-bond donors (Lipinski definition) is 1. The van der Waals surface area contributed by atoms with Crippen LogP contribution in [0.3, 0.4) is 0 Å². The molecule has 0 bridgehead atoms. The summed E-state index contributed by atoms with van der Waals surface area (Å²) in [5, 5.41) is 2.47. The van der Waals surface area contributed by atoms with E-state index in [0.29, 0.717) is 25.9 Å². The van der Waals surface area contributed by atoms with Crippen LogP contribution in [-0.4, -0.2) is 59.4 Å². The van der Waals surface area contributed by atoms with Crippen LogP contribution in [0.25, 0.3) is 0 Å². The number of fused-ring (bicyclic) bond motifs is 1. The molecule has 1 saturated heterocycles. The van der Waals surface area contributed by atoms with Crippen molar-refractivity contribution in [1.29, 1.82) is 0 Å². The summed E-state index contributed by atoms with van der Waals surface area (Å²) in [4.78, 5) is 53.1. The molecule has 0 saturated carbocycles.